The zero-order valence-electron chi connectivity index (χ0n) is 12.8. The average molecular weight is 348 g/mol. The van der Waals surface area contributed by atoms with Gasteiger partial charge >= 0.3 is 0 Å². The van der Waals surface area contributed by atoms with E-state index in [0.29, 0.717) is 32.0 Å². The highest BCUT2D eigenvalue weighted by molar-refractivity contribution is 7.89. The first-order chi connectivity index (χ1) is 11.6. The summed E-state index contributed by atoms with van der Waals surface area (Å²) in [5.41, 5.74) is 0.527. The maximum atomic E-state index is 12.6. The SMILES string of the molecule is O=C(Nc1cccc(S(=O)(=O)N2CCOCC2)c1)c1cnccn1. The molecule has 1 N–H and O–H groups in total. The third-order valence-electron chi connectivity index (χ3n) is 3.50. The predicted octanol–water partition coefficient (Wildman–Crippen LogP) is 0.750. The maximum absolute atomic E-state index is 12.6. The van der Waals surface area contributed by atoms with Crippen molar-refractivity contribution in [3.05, 3.63) is 48.5 Å². The van der Waals surface area contributed by atoms with Gasteiger partial charge in [-0.05, 0) is 18.2 Å². The van der Waals surface area contributed by atoms with Gasteiger partial charge in [0.15, 0.2) is 0 Å². The van der Waals surface area contributed by atoms with Crippen LogP contribution in [-0.4, -0.2) is 54.9 Å². The second-order valence-electron chi connectivity index (χ2n) is 5.09. The molecule has 3 rings (SSSR count). The fourth-order valence-corrected chi connectivity index (χ4v) is 3.74. The van der Waals surface area contributed by atoms with Crippen LogP contribution in [0.4, 0.5) is 5.69 Å². The zero-order chi connectivity index (χ0) is 17.0. The number of hydrogen-bond donors (Lipinski definition) is 1. The summed E-state index contributed by atoms with van der Waals surface area (Å²) in [4.78, 5) is 19.9. The smallest absolute Gasteiger partial charge is 0.275 e. The van der Waals surface area contributed by atoms with Gasteiger partial charge in [0.1, 0.15) is 5.69 Å². The number of rotatable bonds is 4. The Balaban J connectivity index is 1.80. The zero-order valence-corrected chi connectivity index (χ0v) is 13.6. The Morgan fingerprint density at radius 2 is 2.00 bits per heavy atom. The van der Waals surface area contributed by atoms with Crippen molar-refractivity contribution in [3.8, 4) is 0 Å². The van der Waals surface area contributed by atoms with E-state index >= 15 is 0 Å². The molecule has 1 amide bonds. The molecule has 2 aromatic rings. The highest BCUT2D eigenvalue weighted by Gasteiger charge is 2.26. The van der Waals surface area contributed by atoms with Crippen LogP contribution in [0.5, 0.6) is 0 Å². The van der Waals surface area contributed by atoms with Crippen molar-refractivity contribution in [2.75, 3.05) is 31.6 Å². The molecule has 0 spiro atoms. The lowest BCUT2D eigenvalue weighted by Crippen LogP contribution is -2.40. The number of nitrogens with zero attached hydrogens (tertiary/aromatic N) is 3. The summed E-state index contributed by atoms with van der Waals surface area (Å²) in [7, 11) is -3.61. The van der Waals surface area contributed by atoms with E-state index in [4.69, 9.17) is 4.74 Å². The molecule has 24 heavy (non-hydrogen) atoms. The molecule has 0 unspecified atom stereocenters. The third-order valence-corrected chi connectivity index (χ3v) is 5.39. The molecule has 1 aliphatic heterocycles. The van der Waals surface area contributed by atoms with Crippen LogP contribution in [-0.2, 0) is 14.8 Å². The molecule has 1 aromatic heterocycles. The summed E-state index contributed by atoms with van der Waals surface area (Å²) in [6.45, 7) is 1.39. The Morgan fingerprint density at radius 1 is 1.21 bits per heavy atom. The Kier molecular flexibility index (Phi) is 4.84. The van der Waals surface area contributed by atoms with Gasteiger partial charge in [-0.3, -0.25) is 9.78 Å². The monoisotopic (exact) mass is 348 g/mol. The summed E-state index contributed by atoms with van der Waals surface area (Å²) in [6, 6.07) is 6.13. The van der Waals surface area contributed by atoms with E-state index in [2.05, 4.69) is 15.3 Å². The van der Waals surface area contributed by atoms with Gasteiger partial charge in [-0.2, -0.15) is 4.31 Å². The number of morpholine rings is 1. The highest BCUT2D eigenvalue weighted by Crippen LogP contribution is 2.20. The first kappa shape index (κ1) is 16.5. The number of nitrogens with one attached hydrogen (secondary N) is 1. The molecule has 0 aliphatic carbocycles. The first-order valence-corrected chi connectivity index (χ1v) is 8.77. The van der Waals surface area contributed by atoms with Crippen LogP contribution < -0.4 is 5.32 Å². The van der Waals surface area contributed by atoms with Crippen LogP contribution in [0, 0.1) is 0 Å². The molecule has 1 fully saturated rings. The summed E-state index contributed by atoms with van der Waals surface area (Å²) < 4.78 is 31.8. The van der Waals surface area contributed by atoms with Crippen LogP contribution in [0.2, 0.25) is 0 Å². The maximum Gasteiger partial charge on any atom is 0.275 e. The molecule has 0 saturated carbocycles. The van der Waals surface area contributed by atoms with E-state index < -0.39 is 15.9 Å². The minimum Gasteiger partial charge on any atom is -0.379 e. The van der Waals surface area contributed by atoms with E-state index in [1.54, 1.807) is 12.1 Å². The molecule has 2 heterocycles. The van der Waals surface area contributed by atoms with E-state index in [1.807, 2.05) is 0 Å². The molecule has 0 atom stereocenters. The minimum atomic E-state index is -3.61. The highest BCUT2D eigenvalue weighted by atomic mass is 32.2. The van der Waals surface area contributed by atoms with Crippen LogP contribution in [0.25, 0.3) is 0 Å². The van der Waals surface area contributed by atoms with Crippen molar-refractivity contribution < 1.29 is 17.9 Å². The average Bonchev–Trinajstić information content (AvgIpc) is 2.63. The predicted molar refractivity (Wildman–Crippen MR) is 86.0 cm³/mol. The fourth-order valence-electron chi connectivity index (χ4n) is 2.28. The standard InChI is InChI=1S/C15H16N4O4S/c20-15(14-11-16-4-5-17-14)18-12-2-1-3-13(10-12)24(21,22)19-6-8-23-9-7-19/h1-5,10-11H,6-9H2,(H,18,20). The normalized spacial score (nSPS) is 15.8. The molecule has 1 aromatic carbocycles. The molecule has 126 valence electrons. The number of anilines is 1. The van der Waals surface area contributed by atoms with Gasteiger partial charge in [0.05, 0.1) is 24.3 Å². The van der Waals surface area contributed by atoms with E-state index in [-0.39, 0.29) is 10.6 Å². The van der Waals surface area contributed by atoms with Crippen LogP contribution in [0.1, 0.15) is 10.5 Å². The second kappa shape index (κ2) is 7.04. The number of benzene rings is 1. The van der Waals surface area contributed by atoms with Gasteiger partial charge in [0.2, 0.25) is 10.0 Å². The van der Waals surface area contributed by atoms with Crippen LogP contribution in [0.15, 0.2) is 47.8 Å². The lowest BCUT2D eigenvalue weighted by atomic mass is 10.3. The number of hydrogen-bond acceptors (Lipinski definition) is 6. The molecule has 0 bridgehead atoms. The van der Waals surface area contributed by atoms with Crippen LogP contribution in [0.3, 0.4) is 0 Å². The summed E-state index contributed by atoms with van der Waals surface area (Å²) in [6.07, 6.45) is 4.21. The van der Waals surface area contributed by atoms with E-state index in [1.165, 1.54) is 35.0 Å². The quantitative estimate of drug-likeness (QED) is 0.875. The second-order valence-corrected chi connectivity index (χ2v) is 7.03. The molecule has 8 nitrogen and oxygen atoms in total. The van der Waals surface area contributed by atoms with Crippen molar-refractivity contribution in [2.45, 2.75) is 4.90 Å². The van der Waals surface area contributed by atoms with E-state index in [9.17, 15) is 13.2 Å². The fraction of sp³-hybridized carbons (Fsp3) is 0.267. The molecule has 0 radical (unpaired) electrons. The van der Waals surface area contributed by atoms with Gasteiger partial charge < -0.3 is 10.1 Å². The van der Waals surface area contributed by atoms with E-state index in [0.717, 1.165) is 0 Å². The lowest BCUT2D eigenvalue weighted by Gasteiger charge is -2.26. The Labute approximate surface area is 139 Å². The summed E-state index contributed by atoms with van der Waals surface area (Å²) in [5, 5.41) is 2.62. The Bertz CT molecular complexity index is 820. The molecular weight excluding hydrogens is 332 g/mol. The van der Waals surface area contributed by atoms with Gasteiger partial charge in [-0.25, -0.2) is 13.4 Å². The lowest BCUT2D eigenvalue weighted by molar-refractivity contribution is 0.0730. The van der Waals surface area contributed by atoms with Gasteiger partial charge in [-0.1, -0.05) is 6.07 Å². The third kappa shape index (κ3) is 3.58. The van der Waals surface area contributed by atoms with Gasteiger partial charge in [-0.15, -0.1) is 0 Å². The number of sulfonamides is 1. The number of ether oxygens (including phenoxy) is 1. The number of amides is 1. The van der Waals surface area contributed by atoms with Crippen LogP contribution >= 0.6 is 0 Å². The number of aromatic nitrogens is 2. The van der Waals surface area contributed by atoms with Crippen molar-refractivity contribution in [3.63, 3.8) is 0 Å². The molecular formula is C15H16N4O4S. The van der Waals surface area contributed by atoms with Crippen molar-refractivity contribution in [1.82, 2.24) is 14.3 Å². The Hall–Kier alpha value is -2.36. The topological polar surface area (TPSA) is 101 Å². The number of carbonyl (C=O) groups excluding carboxylic acids is 1. The number of carbonyl (C=O) groups is 1. The molecule has 9 heteroatoms. The van der Waals surface area contributed by atoms with Crippen molar-refractivity contribution in [2.24, 2.45) is 0 Å². The largest absolute Gasteiger partial charge is 0.379 e. The molecule has 1 saturated heterocycles. The Morgan fingerprint density at radius 3 is 2.71 bits per heavy atom. The first-order valence-electron chi connectivity index (χ1n) is 7.33. The van der Waals surface area contributed by atoms with Crippen molar-refractivity contribution in [1.29, 1.82) is 0 Å². The van der Waals surface area contributed by atoms with Gasteiger partial charge in [0, 0.05) is 31.2 Å². The summed E-state index contributed by atoms with van der Waals surface area (Å²) >= 11 is 0. The summed E-state index contributed by atoms with van der Waals surface area (Å²) in [5.74, 6) is -0.455. The van der Waals surface area contributed by atoms with Gasteiger partial charge in [0.25, 0.3) is 5.91 Å². The minimum absolute atomic E-state index is 0.126. The van der Waals surface area contributed by atoms with Crippen molar-refractivity contribution >= 4 is 21.6 Å². The molecule has 1 aliphatic rings.